The second-order valence-corrected chi connectivity index (χ2v) is 8.86. The van der Waals surface area contributed by atoms with Crippen LogP contribution < -0.4 is 9.50 Å². The number of hydrogen-bond acceptors (Lipinski definition) is 6. The maximum Gasteiger partial charge on any atom is 0.323 e. The molecule has 1 aromatic heterocycles. The van der Waals surface area contributed by atoms with E-state index >= 15 is 0 Å². The summed E-state index contributed by atoms with van der Waals surface area (Å²) in [7, 11) is 1.97. The molecule has 30 heavy (non-hydrogen) atoms. The zero-order chi connectivity index (χ0) is 21.7. The minimum atomic E-state index is -0.322. The van der Waals surface area contributed by atoms with Gasteiger partial charge in [-0.2, -0.15) is 0 Å². The van der Waals surface area contributed by atoms with E-state index < -0.39 is 0 Å². The van der Waals surface area contributed by atoms with Crippen molar-refractivity contribution in [3.8, 4) is 5.75 Å². The van der Waals surface area contributed by atoms with Crippen LogP contribution in [0.5, 0.6) is 5.75 Å². The number of halogens is 1. The summed E-state index contributed by atoms with van der Waals surface area (Å²) < 4.78 is 21.1. The van der Waals surface area contributed by atoms with Crippen molar-refractivity contribution >= 4 is 24.1 Å². The topological polar surface area (TPSA) is 70.6 Å². The number of nitrogens with one attached hydrogen (secondary N) is 1. The number of hydrogen-bond donors (Lipinski definition) is 1. The number of likely N-dealkylation sites (tertiary alicyclic amines) is 1. The average Bonchev–Trinajstić information content (AvgIpc) is 2.73. The molecule has 7 nitrogen and oxygen atoms in total. The number of carbonyl (C=O) groups is 1. The first-order chi connectivity index (χ1) is 14.3. The van der Waals surface area contributed by atoms with Gasteiger partial charge in [0.05, 0.1) is 18.1 Å². The number of benzene rings is 1. The van der Waals surface area contributed by atoms with Gasteiger partial charge in [0.15, 0.2) is 5.82 Å². The number of amides is 2. The number of aryl methyl sites for hydroxylation is 1. The van der Waals surface area contributed by atoms with Crippen molar-refractivity contribution in [3.05, 3.63) is 48.2 Å². The fourth-order valence-electron chi connectivity index (χ4n) is 3.41. The number of urea groups is 1. The van der Waals surface area contributed by atoms with Gasteiger partial charge in [-0.1, -0.05) is 6.07 Å². The monoisotopic (exact) mass is 433 g/mol. The van der Waals surface area contributed by atoms with E-state index in [9.17, 15) is 9.18 Å². The highest BCUT2D eigenvalue weighted by molar-refractivity contribution is 7.92. The Morgan fingerprint density at radius 1 is 1.30 bits per heavy atom. The molecule has 2 amide bonds. The van der Waals surface area contributed by atoms with Gasteiger partial charge in [0.25, 0.3) is 0 Å². The fraction of sp³-hybridized carbons (Fsp3) is 0.476. The van der Waals surface area contributed by atoms with Gasteiger partial charge in [-0.05, 0) is 51.7 Å². The largest absolute Gasteiger partial charge is 0.409 e. The van der Waals surface area contributed by atoms with Crippen LogP contribution >= 0.6 is 12.2 Å². The Hall–Kier alpha value is -2.39. The molecular formula is C21H28FN5O2S. The molecule has 1 aliphatic rings. The predicted octanol–water partition coefficient (Wildman–Crippen LogP) is 4.52. The van der Waals surface area contributed by atoms with E-state index in [-0.39, 0.29) is 17.4 Å². The lowest BCUT2D eigenvalue weighted by Crippen LogP contribution is -2.50. The molecule has 1 aromatic carbocycles. The molecule has 2 heterocycles. The summed E-state index contributed by atoms with van der Waals surface area (Å²) in [4.78, 5) is 22.6. The Balaban J connectivity index is 1.49. The lowest BCUT2D eigenvalue weighted by atomic mass is 9.80. The number of aromatic nitrogens is 2. The molecule has 1 saturated heterocycles. The Bertz CT molecular complexity index is 857. The third-order valence-electron chi connectivity index (χ3n) is 5.65. The van der Waals surface area contributed by atoms with E-state index in [1.807, 2.05) is 18.9 Å². The second-order valence-electron chi connectivity index (χ2n) is 8.00. The van der Waals surface area contributed by atoms with Crippen molar-refractivity contribution in [1.29, 1.82) is 0 Å². The SMILES string of the molecule is Cc1cnc(NC(=O)N2CCC(C(C)(C)N(C)SOc3cccc(F)c3)CC2)cn1. The summed E-state index contributed by atoms with van der Waals surface area (Å²) in [6, 6.07) is 5.96. The molecule has 0 aliphatic carbocycles. The third-order valence-corrected chi connectivity index (χ3v) is 6.61. The molecule has 1 fully saturated rings. The van der Waals surface area contributed by atoms with Gasteiger partial charge in [-0.15, -0.1) is 0 Å². The van der Waals surface area contributed by atoms with Crippen molar-refractivity contribution < 1.29 is 13.4 Å². The highest BCUT2D eigenvalue weighted by atomic mass is 32.2. The van der Waals surface area contributed by atoms with E-state index in [1.54, 1.807) is 24.5 Å². The predicted molar refractivity (Wildman–Crippen MR) is 117 cm³/mol. The van der Waals surface area contributed by atoms with E-state index in [0.29, 0.717) is 30.6 Å². The van der Waals surface area contributed by atoms with Crippen LogP contribution in [0.25, 0.3) is 0 Å². The van der Waals surface area contributed by atoms with Crippen LogP contribution in [-0.2, 0) is 0 Å². The summed E-state index contributed by atoms with van der Waals surface area (Å²) in [5, 5.41) is 2.81. The first-order valence-electron chi connectivity index (χ1n) is 9.94. The summed E-state index contributed by atoms with van der Waals surface area (Å²) >= 11 is 1.21. The van der Waals surface area contributed by atoms with Gasteiger partial charge in [-0.3, -0.25) is 10.3 Å². The third kappa shape index (κ3) is 5.60. The normalized spacial score (nSPS) is 15.3. The van der Waals surface area contributed by atoms with E-state index in [4.69, 9.17) is 4.18 Å². The minimum absolute atomic E-state index is 0.151. The Morgan fingerprint density at radius 2 is 2.03 bits per heavy atom. The van der Waals surface area contributed by atoms with Gasteiger partial charge >= 0.3 is 6.03 Å². The molecule has 0 atom stereocenters. The van der Waals surface area contributed by atoms with Crippen molar-refractivity contribution in [1.82, 2.24) is 19.2 Å². The van der Waals surface area contributed by atoms with Crippen molar-refractivity contribution in [3.63, 3.8) is 0 Å². The maximum atomic E-state index is 13.3. The maximum absolute atomic E-state index is 13.3. The van der Waals surface area contributed by atoms with Crippen LogP contribution in [0, 0.1) is 18.7 Å². The van der Waals surface area contributed by atoms with Gasteiger partial charge in [0.2, 0.25) is 0 Å². The molecular weight excluding hydrogens is 405 g/mol. The Morgan fingerprint density at radius 3 is 2.67 bits per heavy atom. The molecule has 0 spiro atoms. The molecule has 1 aliphatic heterocycles. The number of piperidine rings is 1. The van der Waals surface area contributed by atoms with Crippen LogP contribution in [0.4, 0.5) is 15.0 Å². The molecule has 1 N–H and O–H groups in total. The van der Waals surface area contributed by atoms with Gasteiger partial charge in [-0.25, -0.2) is 18.5 Å². The van der Waals surface area contributed by atoms with Crippen molar-refractivity contribution in [2.45, 2.75) is 39.2 Å². The van der Waals surface area contributed by atoms with Gasteiger partial charge < -0.3 is 9.08 Å². The van der Waals surface area contributed by atoms with Crippen LogP contribution in [0.15, 0.2) is 36.7 Å². The van der Waals surface area contributed by atoms with Gasteiger partial charge in [0, 0.05) is 31.7 Å². The molecule has 2 aromatic rings. The molecule has 0 bridgehead atoms. The molecule has 3 rings (SSSR count). The number of rotatable bonds is 6. The van der Waals surface area contributed by atoms with E-state index in [0.717, 1.165) is 18.5 Å². The first kappa shape index (κ1) is 22.3. The molecule has 0 saturated carbocycles. The highest BCUT2D eigenvalue weighted by Crippen LogP contribution is 2.36. The van der Waals surface area contributed by atoms with Crippen LogP contribution in [0.1, 0.15) is 32.4 Å². The lowest BCUT2D eigenvalue weighted by Gasteiger charge is -2.44. The molecule has 162 valence electrons. The van der Waals surface area contributed by atoms with Crippen LogP contribution in [0.2, 0.25) is 0 Å². The average molecular weight is 434 g/mol. The summed E-state index contributed by atoms with van der Waals surface area (Å²) in [6.45, 7) is 7.52. The quantitative estimate of drug-likeness (QED) is 0.534. The molecule has 0 unspecified atom stereocenters. The van der Waals surface area contributed by atoms with Crippen LogP contribution in [-0.4, -0.2) is 50.9 Å². The Labute approximate surface area is 181 Å². The number of anilines is 1. The molecule has 0 radical (unpaired) electrons. The summed E-state index contributed by atoms with van der Waals surface area (Å²) in [5.41, 5.74) is 0.641. The standard InChI is InChI=1S/C21H28FN5O2S/c1-15-13-24-19(14-23-15)25-20(28)27-10-8-16(9-11-27)21(2,3)26(4)30-29-18-7-5-6-17(22)12-18/h5-7,12-14,16H,8-11H2,1-4H3,(H,24,25,28). The molecule has 9 heteroatoms. The first-order valence-corrected chi connectivity index (χ1v) is 10.6. The smallest absolute Gasteiger partial charge is 0.323 e. The zero-order valence-electron chi connectivity index (χ0n) is 17.8. The van der Waals surface area contributed by atoms with E-state index in [1.165, 1.54) is 24.4 Å². The summed E-state index contributed by atoms with van der Waals surface area (Å²) in [5.74, 6) is 0.999. The zero-order valence-corrected chi connectivity index (χ0v) is 18.6. The number of nitrogens with zero attached hydrogens (tertiary/aromatic N) is 4. The lowest BCUT2D eigenvalue weighted by molar-refractivity contribution is 0.106. The Kier molecular flexibility index (Phi) is 7.14. The van der Waals surface area contributed by atoms with E-state index in [2.05, 4.69) is 33.4 Å². The van der Waals surface area contributed by atoms with Crippen LogP contribution in [0.3, 0.4) is 0 Å². The van der Waals surface area contributed by atoms with Crippen molar-refractivity contribution in [2.75, 3.05) is 25.5 Å². The second kappa shape index (κ2) is 9.61. The minimum Gasteiger partial charge on any atom is -0.409 e. The van der Waals surface area contributed by atoms with Crippen molar-refractivity contribution in [2.24, 2.45) is 5.92 Å². The summed E-state index contributed by atoms with van der Waals surface area (Å²) in [6.07, 6.45) is 4.95. The van der Waals surface area contributed by atoms with Gasteiger partial charge in [0.1, 0.15) is 23.8 Å². The highest BCUT2D eigenvalue weighted by Gasteiger charge is 2.37. The number of carbonyl (C=O) groups excluding carboxylic acids is 1. The fourth-order valence-corrected chi connectivity index (χ4v) is 4.05.